The van der Waals surface area contributed by atoms with Gasteiger partial charge in [0.1, 0.15) is 12.1 Å². The third-order valence-electron chi connectivity index (χ3n) is 3.82. The number of aliphatic imine (C=N–C) groups is 1. The van der Waals surface area contributed by atoms with Crippen LogP contribution in [0.25, 0.3) is 0 Å². The van der Waals surface area contributed by atoms with Crippen LogP contribution < -0.4 is 33.2 Å². The van der Waals surface area contributed by atoms with E-state index < -0.39 is 60.9 Å². The monoisotopic (exact) mass is 447 g/mol. The van der Waals surface area contributed by atoms with Gasteiger partial charge in [0.05, 0.1) is 19.2 Å². The number of hydrogen-bond acceptors (Lipinski definition) is 8. The second-order valence-electron chi connectivity index (χ2n) is 6.41. The number of carboxylic acids is 2. The average Bonchev–Trinajstić information content (AvgIpc) is 2.69. The minimum Gasteiger partial charge on any atom is -0.481 e. The maximum atomic E-state index is 12.4. The molecular formula is C16H29N7O8. The Bertz CT molecular complexity index is 681. The zero-order valence-corrected chi connectivity index (χ0v) is 16.7. The summed E-state index contributed by atoms with van der Waals surface area (Å²) >= 11 is 0. The van der Waals surface area contributed by atoms with Gasteiger partial charge in [-0.05, 0) is 19.3 Å². The Morgan fingerprint density at radius 2 is 1.58 bits per heavy atom. The fourth-order valence-corrected chi connectivity index (χ4v) is 2.18. The number of hydrogen-bond donors (Lipinski definition) is 9. The summed E-state index contributed by atoms with van der Waals surface area (Å²) < 4.78 is 0. The van der Waals surface area contributed by atoms with Crippen molar-refractivity contribution in [3.63, 3.8) is 0 Å². The van der Waals surface area contributed by atoms with E-state index in [1.165, 1.54) is 0 Å². The maximum absolute atomic E-state index is 12.4. The molecular weight excluding hydrogens is 418 g/mol. The normalized spacial score (nSPS) is 13.2. The molecule has 0 aliphatic carbocycles. The van der Waals surface area contributed by atoms with Gasteiger partial charge in [-0.25, -0.2) is 4.79 Å². The number of carbonyl (C=O) groups is 5. The molecule has 12 N–H and O–H groups in total. The SMILES string of the molecule is NC(N)=NCCCC(NC(=O)C(N)CCC(=O)O)C(=O)NCC(=O)NC(CO)C(=O)O. The van der Waals surface area contributed by atoms with Gasteiger partial charge in [0, 0.05) is 13.0 Å². The second kappa shape index (κ2) is 14.5. The molecule has 0 aromatic rings. The number of aliphatic carboxylic acids is 2. The van der Waals surface area contributed by atoms with Gasteiger partial charge in [0.2, 0.25) is 17.7 Å². The standard InChI is InChI=1S/C16H29N7O8/c17-8(3-4-12(26)27)13(28)23-9(2-1-5-20-16(18)19)14(29)21-6-11(25)22-10(7-24)15(30)31/h8-10,24H,1-7,17H2,(H,21,29)(H,22,25)(H,23,28)(H,26,27)(H,30,31)(H4,18,19,20). The van der Waals surface area contributed by atoms with Crippen LogP contribution in [0.3, 0.4) is 0 Å². The topological polar surface area (TPSA) is 273 Å². The van der Waals surface area contributed by atoms with E-state index in [1.807, 2.05) is 5.32 Å². The van der Waals surface area contributed by atoms with Gasteiger partial charge >= 0.3 is 11.9 Å². The van der Waals surface area contributed by atoms with E-state index in [9.17, 15) is 24.0 Å². The lowest BCUT2D eigenvalue weighted by molar-refractivity contribution is -0.143. The number of aliphatic hydroxyl groups is 1. The van der Waals surface area contributed by atoms with Crippen LogP contribution in [0.4, 0.5) is 0 Å². The maximum Gasteiger partial charge on any atom is 0.328 e. The molecule has 15 heteroatoms. The zero-order valence-electron chi connectivity index (χ0n) is 16.7. The Labute approximate surface area is 177 Å². The zero-order chi connectivity index (χ0) is 24.0. The summed E-state index contributed by atoms with van der Waals surface area (Å²) in [7, 11) is 0. The first-order chi connectivity index (χ1) is 14.5. The molecule has 0 spiro atoms. The highest BCUT2D eigenvalue weighted by molar-refractivity contribution is 5.92. The molecule has 0 bridgehead atoms. The van der Waals surface area contributed by atoms with Crippen LogP contribution in [0.1, 0.15) is 25.7 Å². The van der Waals surface area contributed by atoms with Gasteiger partial charge in [-0.15, -0.1) is 0 Å². The minimum absolute atomic E-state index is 0.0655. The summed E-state index contributed by atoms with van der Waals surface area (Å²) in [5.74, 6) is -5.16. The van der Waals surface area contributed by atoms with Crippen LogP contribution in [0.15, 0.2) is 4.99 Å². The van der Waals surface area contributed by atoms with Crippen molar-refractivity contribution in [3.05, 3.63) is 0 Å². The Balaban J connectivity index is 4.92. The van der Waals surface area contributed by atoms with Gasteiger partial charge in [0.15, 0.2) is 5.96 Å². The molecule has 176 valence electrons. The minimum atomic E-state index is -1.54. The van der Waals surface area contributed by atoms with Gasteiger partial charge in [-0.1, -0.05) is 0 Å². The fraction of sp³-hybridized carbons (Fsp3) is 0.625. The third kappa shape index (κ3) is 12.7. The number of nitrogens with two attached hydrogens (primary N) is 3. The molecule has 0 saturated heterocycles. The molecule has 3 atom stereocenters. The molecule has 15 nitrogen and oxygen atoms in total. The van der Waals surface area contributed by atoms with E-state index in [2.05, 4.69) is 15.6 Å². The molecule has 0 aliphatic rings. The molecule has 0 fully saturated rings. The quantitative estimate of drug-likeness (QED) is 0.0654. The van der Waals surface area contributed by atoms with E-state index >= 15 is 0 Å². The van der Waals surface area contributed by atoms with Crippen LogP contribution in [0.2, 0.25) is 0 Å². The lowest BCUT2D eigenvalue weighted by atomic mass is 10.1. The van der Waals surface area contributed by atoms with Crippen molar-refractivity contribution in [2.45, 2.75) is 43.8 Å². The first-order valence-corrected chi connectivity index (χ1v) is 9.21. The van der Waals surface area contributed by atoms with E-state index in [1.54, 1.807) is 0 Å². The lowest BCUT2D eigenvalue weighted by Crippen LogP contribution is -2.53. The molecule has 0 radical (unpaired) electrons. The summed E-state index contributed by atoms with van der Waals surface area (Å²) in [6.45, 7) is -1.30. The fourth-order valence-electron chi connectivity index (χ4n) is 2.18. The highest BCUT2D eigenvalue weighted by Gasteiger charge is 2.25. The molecule has 0 aromatic heterocycles. The lowest BCUT2D eigenvalue weighted by Gasteiger charge is -2.20. The highest BCUT2D eigenvalue weighted by atomic mass is 16.4. The first-order valence-electron chi connectivity index (χ1n) is 9.21. The summed E-state index contributed by atoms with van der Waals surface area (Å²) in [4.78, 5) is 61.5. The second-order valence-corrected chi connectivity index (χ2v) is 6.41. The molecule has 0 saturated carbocycles. The molecule has 0 heterocycles. The molecule has 3 unspecified atom stereocenters. The van der Waals surface area contributed by atoms with Crippen molar-refractivity contribution in [1.82, 2.24) is 16.0 Å². The van der Waals surface area contributed by atoms with Gasteiger partial charge < -0.3 is 48.5 Å². The summed E-state index contributed by atoms with van der Waals surface area (Å²) in [5, 5.41) is 33.0. The predicted octanol–water partition coefficient (Wildman–Crippen LogP) is -4.61. The van der Waals surface area contributed by atoms with Crippen LogP contribution in [0, 0.1) is 0 Å². The Kier molecular flexibility index (Phi) is 12.9. The molecule has 0 aliphatic heterocycles. The van der Waals surface area contributed by atoms with Crippen molar-refractivity contribution >= 4 is 35.6 Å². The summed E-state index contributed by atoms with van der Waals surface area (Å²) in [6, 6.07) is -3.85. The number of guanidine groups is 1. The van der Waals surface area contributed by atoms with E-state index in [-0.39, 0.29) is 38.2 Å². The number of amides is 3. The van der Waals surface area contributed by atoms with Crippen LogP contribution in [-0.4, -0.2) is 88.8 Å². The number of carboxylic acid groups (broad SMARTS) is 2. The number of rotatable bonds is 15. The van der Waals surface area contributed by atoms with Crippen molar-refractivity contribution in [2.75, 3.05) is 19.7 Å². The molecule has 31 heavy (non-hydrogen) atoms. The van der Waals surface area contributed by atoms with Crippen LogP contribution >= 0.6 is 0 Å². The van der Waals surface area contributed by atoms with E-state index in [0.717, 1.165) is 0 Å². The average molecular weight is 447 g/mol. The Morgan fingerprint density at radius 1 is 0.935 bits per heavy atom. The summed E-state index contributed by atoms with van der Waals surface area (Å²) in [6.07, 6.45) is -0.149. The Morgan fingerprint density at radius 3 is 2.10 bits per heavy atom. The number of nitrogens with zero attached hydrogens (tertiary/aromatic N) is 1. The van der Waals surface area contributed by atoms with Crippen LogP contribution in [0.5, 0.6) is 0 Å². The predicted molar refractivity (Wildman–Crippen MR) is 106 cm³/mol. The highest BCUT2D eigenvalue weighted by Crippen LogP contribution is 2.02. The number of aliphatic hydroxyl groups excluding tert-OH is 1. The summed E-state index contributed by atoms with van der Waals surface area (Å²) in [5.41, 5.74) is 16.0. The molecule has 0 rings (SSSR count). The number of nitrogens with one attached hydrogen (secondary N) is 3. The molecule has 3 amide bonds. The van der Waals surface area contributed by atoms with E-state index in [0.29, 0.717) is 0 Å². The molecule has 0 aromatic carbocycles. The third-order valence-corrected chi connectivity index (χ3v) is 3.82. The van der Waals surface area contributed by atoms with Crippen molar-refractivity contribution in [3.8, 4) is 0 Å². The smallest absolute Gasteiger partial charge is 0.328 e. The van der Waals surface area contributed by atoms with Gasteiger partial charge in [-0.3, -0.25) is 24.2 Å². The van der Waals surface area contributed by atoms with Crippen molar-refractivity contribution < 1.29 is 39.3 Å². The Hall–Kier alpha value is -3.46. The van der Waals surface area contributed by atoms with Gasteiger partial charge in [-0.2, -0.15) is 0 Å². The van der Waals surface area contributed by atoms with E-state index in [4.69, 9.17) is 32.5 Å². The first kappa shape index (κ1) is 27.5. The van der Waals surface area contributed by atoms with Crippen molar-refractivity contribution in [1.29, 1.82) is 0 Å². The largest absolute Gasteiger partial charge is 0.481 e. The van der Waals surface area contributed by atoms with Crippen LogP contribution in [-0.2, 0) is 24.0 Å². The van der Waals surface area contributed by atoms with Crippen molar-refractivity contribution in [2.24, 2.45) is 22.2 Å². The number of carbonyl (C=O) groups excluding carboxylic acids is 3. The van der Waals surface area contributed by atoms with Gasteiger partial charge in [0.25, 0.3) is 0 Å².